The maximum Gasteiger partial charge on any atom is 0.162 e. The summed E-state index contributed by atoms with van der Waals surface area (Å²) in [5.74, 6) is 2.71. The second kappa shape index (κ2) is 5.91. The smallest absolute Gasteiger partial charge is 0.162 e. The molecule has 1 saturated carbocycles. The second-order valence-electron chi connectivity index (χ2n) is 6.66. The van der Waals surface area contributed by atoms with Gasteiger partial charge in [-0.15, -0.1) is 0 Å². The van der Waals surface area contributed by atoms with E-state index in [1.54, 1.807) is 0 Å². The van der Waals surface area contributed by atoms with Gasteiger partial charge >= 0.3 is 0 Å². The largest absolute Gasteiger partial charge is 0.373 e. The number of nitrogens with one attached hydrogen (secondary N) is 1. The topological polar surface area (TPSA) is 47.0 Å². The van der Waals surface area contributed by atoms with Crippen LogP contribution in [0.5, 0.6) is 0 Å². The van der Waals surface area contributed by atoms with E-state index in [9.17, 15) is 0 Å². The van der Waals surface area contributed by atoms with Crippen LogP contribution in [0.25, 0.3) is 0 Å². The number of anilines is 1. The Hall–Kier alpha value is -1.16. The first kappa shape index (κ1) is 14.8. The van der Waals surface area contributed by atoms with Gasteiger partial charge in [-0.1, -0.05) is 6.92 Å². The zero-order chi connectivity index (χ0) is 14.9. The lowest BCUT2D eigenvalue weighted by Crippen LogP contribution is -2.36. The minimum absolute atomic E-state index is 0.273. The third-order valence-corrected chi connectivity index (χ3v) is 5.30. The van der Waals surface area contributed by atoms with E-state index in [-0.39, 0.29) is 5.60 Å². The normalized spacial score (nSPS) is 29.0. The summed E-state index contributed by atoms with van der Waals surface area (Å²) in [5.41, 5.74) is 2.29. The number of rotatable bonds is 3. The molecule has 0 radical (unpaired) electrons. The first-order chi connectivity index (χ1) is 10.2. The fraction of sp³-hybridized carbons (Fsp3) is 0.765. The van der Waals surface area contributed by atoms with Crippen LogP contribution >= 0.6 is 0 Å². The van der Waals surface area contributed by atoms with Crippen LogP contribution in [0.1, 0.15) is 62.5 Å². The third kappa shape index (κ3) is 2.66. The summed E-state index contributed by atoms with van der Waals surface area (Å²) in [6.45, 7) is 2.33. The zero-order valence-corrected chi connectivity index (χ0v) is 13.5. The lowest BCUT2D eigenvalue weighted by atomic mass is 9.78. The Bertz CT molecular complexity index is 490. The number of ether oxygens (including phenoxy) is 1. The number of aromatic nitrogens is 2. The van der Waals surface area contributed by atoms with Gasteiger partial charge in [0.15, 0.2) is 5.82 Å². The van der Waals surface area contributed by atoms with Crippen LogP contribution in [0.15, 0.2) is 0 Å². The summed E-state index contributed by atoms with van der Waals surface area (Å²) in [4.78, 5) is 9.79. The van der Waals surface area contributed by atoms with E-state index in [4.69, 9.17) is 14.7 Å². The van der Waals surface area contributed by atoms with Crippen molar-refractivity contribution < 1.29 is 4.74 Å². The highest BCUT2D eigenvalue weighted by Crippen LogP contribution is 2.41. The van der Waals surface area contributed by atoms with Crippen molar-refractivity contribution in [1.82, 2.24) is 9.97 Å². The molecular weight excluding hydrogens is 262 g/mol. The summed E-state index contributed by atoms with van der Waals surface area (Å²) in [6, 6.07) is 0. The van der Waals surface area contributed by atoms with Crippen molar-refractivity contribution in [2.24, 2.45) is 5.92 Å². The Morgan fingerprint density at radius 2 is 1.86 bits per heavy atom. The molecule has 1 N–H and O–H groups in total. The van der Waals surface area contributed by atoms with Crippen molar-refractivity contribution in [3.05, 3.63) is 17.1 Å². The molecule has 0 saturated heterocycles. The zero-order valence-electron chi connectivity index (χ0n) is 13.5. The number of fused-ring (bicyclic) bond motifs is 1. The minimum atomic E-state index is -0.273. The lowest BCUT2D eigenvalue weighted by Gasteiger charge is -2.37. The molecule has 0 spiro atoms. The first-order valence-corrected chi connectivity index (χ1v) is 8.31. The van der Waals surface area contributed by atoms with Gasteiger partial charge in [0.1, 0.15) is 11.4 Å². The van der Waals surface area contributed by atoms with E-state index in [1.807, 2.05) is 14.2 Å². The molecule has 116 valence electrons. The SMILES string of the molecule is CNc1nc(C2(OC)CCC(C)CC2)nc2c1CCCC2. The summed E-state index contributed by atoms with van der Waals surface area (Å²) in [7, 11) is 3.78. The number of nitrogens with zero attached hydrogens (tertiary/aromatic N) is 2. The molecule has 0 aromatic carbocycles. The molecule has 0 amide bonds. The van der Waals surface area contributed by atoms with Crippen molar-refractivity contribution >= 4 is 5.82 Å². The molecule has 1 heterocycles. The highest BCUT2D eigenvalue weighted by molar-refractivity contribution is 5.47. The highest BCUT2D eigenvalue weighted by atomic mass is 16.5. The van der Waals surface area contributed by atoms with Crippen molar-refractivity contribution in [2.45, 2.75) is 63.9 Å². The number of hydrogen-bond acceptors (Lipinski definition) is 4. The number of methoxy groups -OCH3 is 1. The van der Waals surface area contributed by atoms with Gasteiger partial charge in [-0.05, 0) is 57.3 Å². The molecule has 21 heavy (non-hydrogen) atoms. The molecule has 2 aliphatic carbocycles. The Morgan fingerprint density at radius 3 is 2.52 bits per heavy atom. The van der Waals surface area contributed by atoms with E-state index < -0.39 is 0 Å². The summed E-state index contributed by atoms with van der Waals surface area (Å²) < 4.78 is 5.95. The Labute approximate surface area is 127 Å². The van der Waals surface area contributed by atoms with Crippen LogP contribution in [0.2, 0.25) is 0 Å². The Morgan fingerprint density at radius 1 is 1.14 bits per heavy atom. The quantitative estimate of drug-likeness (QED) is 0.926. The van der Waals surface area contributed by atoms with E-state index in [0.717, 1.165) is 43.2 Å². The van der Waals surface area contributed by atoms with Gasteiger partial charge in [0.25, 0.3) is 0 Å². The summed E-state index contributed by atoms with van der Waals surface area (Å²) in [5, 5.41) is 3.28. The molecular formula is C17H27N3O. The molecule has 0 aliphatic heterocycles. The van der Waals surface area contributed by atoms with Gasteiger partial charge in [0.2, 0.25) is 0 Å². The molecule has 0 bridgehead atoms. The maximum absolute atomic E-state index is 5.95. The van der Waals surface area contributed by atoms with Crippen molar-refractivity contribution in [1.29, 1.82) is 0 Å². The van der Waals surface area contributed by atoms with E-state index in [2.05, 4.69) is 12.2 Å². The number of hydrogen-bond donors (Lipinski definition) is 1. The van der Waals surface area contributed by atoms with Gasteiger partial charge in [0.05, 0.1) is 0 Å². The molecule has 1 fully saturated rings. The minimum Gasteiger partial charge on any atom is -0.373 e. The number of aryl methyl sites for hydroxylation is 1. The van der Waals surface area contributed by atoms with Gasteiger partial charge < -0.3 is 10.1 Å². The van der Waals surface area contributed by atoms with Crippen LogP contribution in [0.4, 0.5) is 5.82 Å². The van der Waals surface area contributed by atoms with Crippen molar-refractivity contribution in [3.8, 4) is 0 Å². The summed E-state index contributed by atoms with van der Waals surface area (Å²) >= 11 is 0. The van der Waals surface area contributed by atoms with Crippen LogP contribution in [-0.2, 0) is 23.2 Å². The van der Waals surface area contributed by atoms with Crippen LogP contribution in [0, 0.1) is 5.92 Å². The lowest BCUT2D eigenvalue weighted by molar-refractivity contribution is -0.0598. The van der Waals surface area contributed by atoms with Crippen LogP contribution < -0.4 is 5.32 Å². The standard InChI is InChI=1S/C17H27N3O/c1-12-8-10-17(21-3,11-9-12)16-19-14-7-5-4-6-13(14)15(18-2)20-16/h12H,4-11H2,1-3H3,(H,18,19,20). The van der Waals surface area contributed by atoms with Crippen molar-refractivity contribution in [2.75, 3.05) is 19.5 Å². The summed E-state index contributed by atoms with van der Waals surface area (Å²) in [6.07, 6.45) is 9.13. The average molecular weight is 289 g/mol. The molecule has 1 aromatic rings. The fourth-order valence-electron chi connectivity index (χ4n) is 3.75. The van der Waals surface area contributed by atoms with E-state index >= 15 is 0 Å². The highest BCUT2D eigenvalue weighted by Gasteiger charge is 2.39. The van der Waals surface area contributed by atoms with E-state index in [0.29, 0.717) is 0 Å². The van der Waals surface area contributed by atoms with Crippen LogP contribution in [0.3, 0.4) is 0 Å². The molecule has 0 unspecified atom stereocenters. The average Bonchev–Trinajstić information content (AvgIpc) is 2.55. The maximum atomic E-state index is 5.95. The predicted molar refractivity (Wildman–Crippen MR) is 84.5 cm³/mol. The fourth-order valence-corrected chi connectivity index (χ4v) is 3.75. The van der Waals surface area contributed by atoms with Gasteiger partial charge in [-0.2, -0.15) is 0 Å². The molecule has 2 aliphatic rings. The first-order valence-electron chi connectivity index (χ1n) is 8.31. The van der Waals surface area contributed by atoms with Gasteiger partial charge in [0, 0.05) is 25.4 Å². The second-order valence-corrected chi connectivity index (χ2v) is 6.66. The molecule has 3 rings (SSSR count). The van der Waals surface area contributed by atoms with Crippen molar-refractivity contribution in [3.63, 3.8) is 0 Å². The molecule has 4 nitrogen and oxygen atoms in total. The van der Waals surface area contributed by atoms with Crippen LogP contribution in [-0.4, -0.2) is 24.1 Å². The molecule has 4 heteroatoms. The molecule has 1 aromatic heterocycles. The van der Waals surface area contributed by atoms with Gasteiger partial charge in [-0.3, -0.25) is 0 Å². The monoisotopic (exact) mass is 289 g/mol. The molecule has 0 atom stereocenters. The van der Waals surface area contributed by atoms with E-state index in [1.165, 1.54) is 36.9 Å². The third-order valence-electron chi connectivity index (χ3n) is 5.30. The Kier molecular flexibility index (Phi) is 4.16. The predicted octanol–water partition coefficient (Wildman–Crippen LogP) is 3.45. The van der Waals surface area contributed by atoms with Gasteiger partial charge in [-0.25, -0.2) is 9.97 Å². The Balaban J connectivity index is 2.00.